The first-order chi connectivity index (χ1) is 16.5. The average Bonchev–Trinajstić information content (AvgIpc) is 3.42. The highest BCUT2D eigenvalue weighted by Crippen LogP contribution is 2.31. The number of carbonyl (C=O) groups excluding carboxylic acids is 2. The number of piperidine rings is 1. The molecule has 6 heteroatoms. The van der Waals surface area contributed by atoms with E-state index in [0.717, 1.165) is 43.7 Å². The molecule has 0 bridgehead atoms. The van der Waals surface area contributed by atoms with Crippen LogP contribution in [-0.2, 0) is 11.2 Å². The van der Waals surface area contributed by atoms with Crippen molar-refractivity contribution >= 4 is 23.2 Å². The van der Waals surface area contributed by atoms with Gasteiger partial charge in [0, 0.05) is 38.0 Å². The molecule has 0 radical (unpaired) electrons. The lowest BCUT2D eigenvalue weighted by molar-refractivity contribution is -0.134. The number of hydrogen-bond acceptors (Lipinski definition) is 4. The van der Waals surface area contributed by atoms with Crippen LogP contribution in [0, 0.1) is 11.8 Å². The number of thiophene rings is 1. The van der Waals surface area contributed by atoms with Gasteiger partial charge in [0.25, 0.3) is 5.91 Å². The number of nitrogens with zero attached hydrogens (tertiary/aromatic N) is 2. The molecule has 184 valence electrons. The zero-order valence-electron chi connectivity index (χ0n) is 20.6. The molecule has 1 aliphatic heterocycles. The van der Waals surface area contributed by atoms with Gasteiger partial charge in [-0.25, -0.2) is 0 Å². The van der Waals surface area contributed by atoms with Crippen molar-refractivity contribution < 1.29 is 14.3 Å². The van der Waals surface area contributed by atoms with Crippen molar-refractivity contribution in [3.63, 3.8) is 0 Å². The number of methoxy groups -OCH3 is 1. The van der Waals surface area contributed by atoms with Gasteiger partial charge < -0.3 is 14.5 Å². The van der Waals surface area contributed by atoms with E-state index in [1.807, 2.05) is 40.9 Å². The van der Waals surface area contributed by atoms with Crippen molar-refractivity contribution in [2.75, 3.05) is 27.2 Å². The lowest BCUT2D eigenvalue weighted by Crippen LogP contribution is -2.48. The summed E-state index contributed by atoms with van der Waals surface area (Å²) in [4.78, 5) is 30.2. The molecule has 2 fully saturated rings. The SMILES string of the molecule is COc1cccc(C[C@H](C2CCN(C(=O)CC3CCCCC3)CC2)N(C)C(=O)c2ccsc2)c1. The molecular formula is C28H38N2O3S. The Morgan fingerprint density at radius 1 is 1.12 bits per heavy atom. The molecule has 2 amide bonds. The van der Waals surface area contributed by atoms with E-state index in [1.165, 1.54) is 37.7 Å². The molecule has 1 aromatic carbocycles. The van der Waals surface area contributed by atoms with Gasteiger partial charge in [0.05, 0.1) is 12.7 Å². The number of rotatable bonds is 8. The zero-order chi connectivity index (χ0) is 23.9. The second kappa shape index (κ2) is 11.9. The Morgan fingerprint density at radius 3 is 2.56 bits per heavy atom. The summed E-state index contributed by atoms with van der Waals surface area (Å²) in [5.74, 6) is 2.18. The lowest BCUT2D eigenvalue weighted by Gasteiger charge is -2.40. The van der Waals surface area contributed by atoms with Gasteiger partial charge in [0.1, 0.15) is 5.75 Å². The summed E-state index contributed by atoms with van der Waals surface area (Å²) >= 11 is 1.55. The van der Waals surface area contributed by atoms with Crippen LogP contribution >= 0.6 is 11.3 Å². The van der Waals surface area contributed by atoms with Crippen LogP contribution in [0.1, 0.15) is 67.3 Å². The van der Waals surface area contributed by atoms with Crippen molar-refractivity contribution in [3.05, 3.63) is 52.2 Å². The molecule has 1 saturated carbocycles. The molecule has 1 saturated heterocycles. The minimum Gasteiger partial charge on any atom is -0.497 e. The van der Waals surface area contributed by atoms with E-state index in [0.29, 0.717) is 24.2 Å². The largest absolute Gasteiger partial charge is 0.497 e. The number of benzene rings is 1. The Bertz CT molecular complexity index is 931. The summed E-state index contributed by atoms with van der Waals surface area (Å²) in [7, 11) is 3.62. The zero-order valence-corrected chi connectivity index (χ0v) is 21.4. The second-order valence-corrected chi connectivity index (χ2v) is 10.8. The fourth-order valence-corrected chi connectivity index (χ4v) is 6.33. The Morgan fingerprint density at radius 2 is 1.88 bits per heavy atom. The molecule has 2 aliphatic rings. The molecular weight excluding hydrogens is 444 g/mol. The first-order valence-electron chi connectivity index (χ1n) is 12.7. The van der Waals surface area contributed by atoms with Crippen LogP contribution in [-0.4, -0.2) is 54.9 Å². The predicted octanol–water partition coefficient (Wildman–Crippen LogP) is 5.65. The third-order valence-electron chi connectivity index (χ3n) is 7.79. The molecule has 0 N–H and O–H groups in total. The van der Waals surface area contributed by atoms with Crippen LogP contribution in [0.3, 0.4) is 0 Å². The van der Waals surface area contributed by atoms with Crippen LogP contribution in [0.2, 0.25) is 0 Å². The normalized spacial score (nSPS) is 18.5. The Labute approximate surface area is 208 Å². The highest BCUT2D eigenvalue weighted by atomic mass is 32.1. The molecule has 1 atom stereocenters. The van der Waals surface area contributed by atoms with Gasteiger partial charge in [-0.2, -0.15) is 11.3 Å². The number of amides is 2. The highest BCUT2D eigenvalue weighted by Gasteiger charge is 2.33. The molecule has 2 heterocycles. The maximum absolute atomic E-state index is 13.2. The summed E-state index contributed by atoms with van der Waals surface area (Å²) in [6, 6.07) is 10.1. The van der Waals surface area contributed by atoms with E-state index in [2.05, 4.69) is 17.0 Å². The van der Waals surface area contributed by atoms with Crippen molar-refractivity contribution in [3.8, 4) is 5.75 Å². The van der Waals surface area contributed by atoms with Gasteiger partial charge in [-0.15, -0.1) is 0 Å². The number of hydrogen-bond donors (Lipinski definition) is 0. The van der Waals surface area contributed by atoms with E-state index < -0.39 is 0 Å². The van der Waals surface area contributed by atoms with Crippen molar-refractivity contribution in [1.29, 1.82) is 0 Å². The molecule has 1 aliphatic carbocycles. The first-order valence-corrected chi connectivity index (χ1v) is 13.7. The maximum atomic E-state index is 13.2. The monoisotopic (exact) mass is 482 g/mol. The minimum atomic E-state index is 0.0740. The fourth-order valence-electron chi connectivity index (χ4n) is 5.70. The fraction of sp³-hybridized carbons (Fsp3) is 0.571. The van der Waals surface area contributed by atoms with Crippen LogP contribution in [0.4, 0.5) is 0 Å². The third-order valence-corrected chi connectivity index (χ3v) is 8.47. The summed E-state index contributed by atoms with van der Waals surface area (Å²) in [5.41, 5.74) is 1.92. The van der Waals surface area contributed by atoms with Gasteiger partial charge in [-0.05, 0) is 73.1 Å². The number of carbonyl (C=O) groups is 2. The average molecular weight is 483 g/mol. The molecule has 0 unspecified atom stereocenters. The summed E-state index contributed by atoms with van der Waals surface area (Å²) in [6.07, 6.45) is 9.66. The minimum absolute atomic E-state index is 0.0740. The quantitative estimate of drug-likeness (QED) is 0.489. The van der Waals surface area contributed by atoms with Crippen LogP contribution < -0.4 is 4.74 Å². The van der Waals surface area contributed by atoms with Crippen molar-refractivity contribution in [1.82, 2.24) is 9.80 Å². The summed E-state index contributed by atoms with van der Waals surface area (Å²) in [5, 5.41) is 3.88. The van der Waals surface area contributed by atoms with E-state index in [4.69, 9.17) is 4.74 Å². The van der Waals surface area contributed by atoms with Gasteiger partial charge in [0.15, 0.2) is 0 Å². The molecule has 5 nitrogen and oxygen atoms in total. The van der Waals surface area contributed by atoms with E-state index in [-0.39, 0.29) is 11.9 Å². The molecule has 34 heavy (non-hydrogen) atoms. The number of likely N-dealkylation sites (N-methyl/N-ethyl adjacent to an activating group) is 1. The third kappa shape index (κ3) is 6.21. The topological polar surface area (TPSA) is 49.9 Å². The van der Waals surface area contributed by atoms with Gasteiger partial charge in [0.2, 0.25) is 5.91 Å². The Kier molecular flexibility index (Phi) is 8.65. The van der Waals surface area contributed by atoms with E-state index >= 15 is 0 Å². The molecule has 2 aromatic rings. The van der Waals surface area contributed by atoms with Gasteiger partial charge in [-0.1, -0.05) is 31.4 Å². The Hall–Kier alpha value is -2.34. The summed E-state index contributed by atoms with van der Waals surface area (Å²) in [6.45, 7) is 1.59. The predicted molar refractivity (Wildman–Crippen MR) is 137 cm³/mol. The first kappa shape index (κ1) is 24.8. The molecule has 1 aromatic heterocycles. The standard InChI is InChI=1S/C28H38N2O3S/c1-29(28(32)24-13-16-34-20-24)26(18-22-9-6-10-25(17-22)33-2)23-11-14-30(15-12-23)27(31)19-21-7-4-3-5-8-21/h6,9-10,13,16-17,20-21,23,26H,3-5,7-8,11-12,14-15,18-19H2,1-2H3/t26-/m1/s1. The highest BCUT2D eigenvalue weighted by molar-refractivity contribution is 7.08. The van der Waals surface area contributed by atoms with Crippen LogP contribution in [0.5, 0.6) is 5.75 Å². The van der Waals surface area contributed by atoms with Crippen LogP contribution in [0.15, 0.2) is 41.1 Å². The van der Waals surface area contributed by atoms with Gasteiger partial charge in [-0.3, -0.25) is 9.59 Å². The molecule has 4 rings (SSSR count). The summed E-state index contributed by atoms with van der Waals surface area (Å²) < 4.78 is 5.43. The number of likely N-dealkylation sites (tertiary alicyclic amines) is 1. The maximum Gasteiger partial charge on any atom is 0.254 e. The van der Waals surface area contributed by atoms with Crippen molar-refractivity contribution in [2.24, 2.45) is 11.8 Å². The van der Waals surface area contributed by atoms with E-state index in [1.54, 1.807) is 18.4 Å². The smallest absolute Gasteiger partial charge is 0.254 e. The number of ether oxygens (including phenoxy) is 1. The van der Waals surface area contributed by atoms with Crippen LogP contribution in [0.25, 0.3) is 0 Å². The molecule has 0 spiro atoms. The van der Waals surface area contributed by atoms with Crippen molar-refractivity contribution in [2.45, 2.75) is 63.8 Å². The van der Waals surface area contributed by atoms with Gasteiger partial charge >= 0.3 is 0 Å². The Balaban J connectivity index is 1.43. The second-order valence-electron chi connectivity index (χ2n) is 9.98. The van der Waals surface area contributed by atoms with E-state index in [9.17, 15) is 9.59 Å². The lowest BCUT2D eigenvalue weighted by atomic mass is 9.83.